The zero-order valence-electron chi connectivity index (χ0n) is 15.1. The standard InChI is InChI=1S/C20H21Cl2N3O2S/c21-14-2-1-13(5-15(14)22)23-19-24-16(9-28-19)18(26)25-17-11-3-10-4-12(17)8-20(27,6-10)7-11/h1-2,5,9-12,17,27H,3-4,6-8H2,(H,23,24)(H,25,26)/t10?,11?,12?,17-,20-. The summed E-state index contributed by atoms with van der Waals surface area (Å²) in [5.41, 5.74) is 0.694. The summed E-state index contributed by atoms with van der Waals surface area (Å²) in [6.45, 7) is 0. The van der Waals surface area contributed by atoms with Crippen molar-refractivity contribution >= 4 is 51.3 Å². The largest absolute Gasteiger partial charge is 0.390 e. The lowest BCUT2D eigenvalue weighted by Gasteiger charge is -2.58. The summed E-state index contributed by atoms with van der Waals surface area (Å²) < 4.78 is 0. The van der Waals surface area contributed by atoms with Gasteiger partial charge in [0.25, 0.3) is 5.91 Å². The van der Waals surface area contributed by atoms with Gasteiger partial charge in [-0.3, -0.25) is 4.79 Å². The van der Waals surface area contributed by atoms with Crippen molar-refractivity contribution < 1.29 is 9.90 Å². The maximum Gasteiger partial charge on any atom is 0.271 e. The molecule has 1 aromatic heterocycles. The molecule has 28 heavy (non-hydrogen) atoms. The van der Waals surface area contributed by atoms with Gasteiger partial charge in [0.05, 0.1) is 15.6 Å². The zero-order chi connectivity index (χ0) is 19.5. The number of nitrogens with one attached hydrogen (secondary N) is 2. The topological polar surface area (TPSA) is 74.2 Å². The monoisotopic (exact) mass is 437 g/mol. The summed E-state index contributed by atoms with van der Waals surface area (Å²) >= 11 is 13.4. The molecular formula is C20H21Cl2N3O2S. The number of nitrogens with zero attached hydrogens (tertiary/aromatic N) is 1. The maximum absolute atomic E-state index is 12.8. The lowest BCUT2D eigenvalue weighted by molar-refractivity contribution is -0.136. The summed E-state index contributed by atoms with van der Waals surface area (Å²) in [4.78, 5) is 17.2. The molecule has 4 saturated carbocycles. The second-order valence-corrected chi connectivity index (χ2v) is 10.2. The fourth-order valence-electron chi connectivity index (χ4n) is 5.58. The van der Waals surface area contributed by atoms with E-state index >= 15 is 0 Å². The number of benzene rings is 1. The third-order valence-corrected chi connectivity index (χ3v) is 7.94. The minimum Gasteiger partial charge on any atom is -0.390 e. The van der Waals surface area contributed by atoms with Crippen molar-refractivity contribution in [3.8, 4) is 0 Å². The third-order valence-electron chi connectivity index (χ3n) is 6.45. The second-order valence-electron chi connectivity index (χ2n) is 8.49. The molecule has 2 unspecified atom stereocenters. The number of amides is 1. The van der Waals surface area contributed by atoms with Crippen molar-refractivity contribution in [2.75, 3.05) is 5.32 Å². The molecule has 148 valence electrons. The number of thiazole rings is 1. The summed E-state index contributed by atoms with van der Waals surface area (Å²) in [6.07, 6.45) is 4.80. The molecule has 5 nitrogen and oxygen atoms in total. The molecular weight excluding hydrogens is 417 g/mol. The molecule has 2 aromatic rings. The lowest BCUT2D eigenvalue weighted by atomic mass is 9.52. The number of rotatable bonds is 4. The predicted molar refractivity (Wildman–Crippen MR) is 112 cm³/mol. The smallest absolute Gasteiger partial charge is 0.271 e. The highest BCUT2D eigenvalue weighted by atomic mass is 35.5. The minimum atomic E-state index is -0.491. The number of hydrogen-bond acceptors (Lipinski definition) is 5. The quantitative estimate of drug-likeness (QED) is 0.637. The molecule has 4 aliphatic carbocycles. The normalized spacial score (nSPS) is 33.1. The van der Waals surface area contributed by atoms with Crippen molar-refractivity contribution in [3.63, 3.8) is 0 Å². The minimum absolute atomic E-state index is 0.136. The van der Waals surface area contributed by atoms with Crippen LogP contribution in [0.2, 0.25) is 10.0 Å². The number of hydrogen-bond donors (Lipinski definition) is 3. The van der Waals surface area contributed by atoms with Crippen molar-refractivity contribution in [1.82, 2.24) is 10.3 Å². The molecule has 6 rings (SSSR count). The number of aromatic nitrogens is 1. The van der Waals surface area contributed by atoms with E-state index in [1.807, 2.05) is 6.07 Å². The first kappa shape index (κ1) is 18.7. The van der Waals surface area contributed by atoms with E-state index in [9.17, 15) is 9.90 Å². The Morgan fingerprint density at radius 3 is 2.61 bits per heavy atom. The van der Waals surface area contributed by atoms with E-state index in [0.29, 0.717) is 38.6 Å². The van der Waals surface area contributed by atoms with Gasteiger partial charge in [0.2, 0.25) is 0 Å². The molecule has 0 radical (unpaired) electrons. The highest BCUT2D eigenvalue weighted by Gasteiger charge is 2.55. The molecule has 4 aliphatic rings. The van der Waals surface area contributed by atoms with E-state index < -0.39 is 5.60 Å². The summed E-state index contributed by atoms with van der Waals surface area (Å²) in [7, 11) is 0. The zero-order valence-corrected chi connectivity index (χ0v) is 17.4. The molecule has 0 spiro atoms. The highest BCUT2D eigenvalue weighted by molar-refractivity contribution is 7.14. The van der Waals surface area contributed by atoms with Crippen LogP contribution in [-0.4, -0.2) is 27.6 Å². The van der Waals surface area contributed by atoms with Gasteiger partial charge in [-0.2, -0.15) is 0 Å². The van der Waals surface area contributed by atoms with Gasteiger partial charge in [-0.05, 0) is 68.1 Å². The van der Waals surface area contributed by atoms with Crippen LogP contribution < -0.4 is 10.6 Å². The van der Waals surface area contributed by atoms with Crippen LogP contribution in [0.4, 0.5) is 10.8 Å². The van der Waals surface area contributed by atoms with Gasteiger partial charge in [0.1, 0.15) is 5.69 Å². The average molecular weight is 438 g/mol. The van der Waals surface area contributed by atoms with E-state index in [1.165, 1.54) is 11.3 Å². The Kier molecular flexibility index (Phi) is 4.58. The molecule has 0 saturated heterocycles. The summed E-state index contributed by atoms with van der Waals surface area (Å²) in [6, 6.07) is 5.41. The SMILES string of the molecule is O=C(N[C@H]1C2CC3CC1C[C@](O)(C3)C2)c1csc(Nc2ccc(Cl)c(Cl)c2)n1. The van der Waals surface area contributed by atoms with Crippen LogP contribution in [0.3, 0.4) is 0 Å². The second kappa shape index (κ2) is 6.87. The number of anilines is 2. The fraction of sp³-hybridized carbons (Fsp3) is 0.500. The summed E-state index contributed by atoms with van der Waals surface area (Å²) in [5.74, 6) is 1.25. The van der Waals surface area contributed by atoms with Crippen LogP contribution in [0, 0.1) is 17.8 Å². The van der Waals surface area contributed by atoms with Crippen LogP contribution in [0.5, 0.6) is 0 Å². The fourth-order valence-corrected chi connectivity index (χ4v) is 6.58. The predicted octanol–water partition coefficient (Wildman–Crippen LogP) is 4.86. The van der Waals surface area contributed by atoms with Gasteiger partial charge < -0.3 is 15.7 Å². The number of carbonyl (C=O) groups excluding carboxylic acids is 1. The molecule has 8 heteroatoms. The first-order valence-corrected chi connectivity index (χ1v) is 11.2. The van der Waals surface area contributed by atoms with E-state index in [0.717, 1.165) is 37.8 Å². The van der Waals surface area contributed by atoms with E-state index in [2.05, 4.69) is 15.6 Å². The average Bonchev–Trinajstić information content (AvgIpc) is 3.08. The van der Waals surface area contributed by atoms with Crippen molar-refractivity contribution in [2.24, 2.45) is 17.8 Å². The molecule has 1 aromatic carbocycles. The summed E-state index contributed by atoms with van der Waals surface area (Å²) in [5, 5.41) is 20.4. The van der Waals surface area contributed by atoms with Gasteiger partial charge >= 0.3 is 0 Å². The van der Waals surface area contributed by atoms with Gasteiger partial charge in [-0.15, -0.1) is 11.3 Å². The third kappa shape index (κ3) is 3.41. The van der Waals surface area contributed by atoms with E-state index in [-0.39, 0.29) is 11.9 Å². The van der Waals surface area contributed by atoms with Gasteiger partial charge in [-0.25, -0.2) is 4.98 Å². The Labute approximate surface area is 177 Å². The Hall–Kier alpha value is -1.34. The van der Waals surface area contributed by atoms with Crippen LogP contribution in [0.25, 0.3) is 0 Å². The van der Waals surface area contributed by atoms with Crippen LogP contribution in [0.1, 0.15) is 42.6 Å². The molecule has 1 heterocycles. The van der Waals surface area contributed by atoms with Crippen molar-refractivity contribution in [2.45, 2.75) is 43.7 Å². The molecule has 1 amide bonds. The molecule has 3 N–H and O–H groups in total. The molecule has 4 fully saturated rings. The maximum atomic E-state index is 12.8. The highest BCUT2D eigenvalue weighted by Crippen LogP contribution is 2.55. The van der Waals surface area contributed by atoms with Gasteiger partial charge in [-0.1, -0.05) is 23.2 Å². The van der Waals surface area contributed by atoms with Crippen molar-refractivity contribution in [1.29, 1.82) is 0 Å². The van der Waals surface area contributed by atoms with Crippen LogP contribution in [0.15, 0.2) is 23.6 Å². The van der Waals surface area contributed by atoms with Crippen LogP contribution >= 0.6 is 34.5 Å². The van der Waals surface area contributed by atoms with Crippen molar-refractivity contribution in [3.05, 3.63) is 39.3 Å². The van der Waals surface area contributed by atoms with Gasteiger partial charge in [0, 0.05) is 17.1 Å². The van der Waals surface area contributed by atoms with E-state index in [4.69, 9.17) is 23.2 Å². The Morgan fingerprint density at radius 2 is 1.93 bits per heavy atom. The van der Waals surface area contributed by atoms with Crippen LogP contribution in [-0.2, 0) is 0 Å². The molecule has 2 atom stereocenters. The number of aliphatic hydroxyl groups is 1. The van der Waals surface area contributed by atoms with E-state index in [1.54, 1.807) is 17.5 Å². The number of halogens is 2. The Balaban J connectivity index is 1.26. The number of carbonyl (C=O) groups is 1. The molecule has 0 aliphatic heterocycles. The Bertz CT molecular complexity index is 918. The molecule has 4 bridgehead atoms. The first-order valence-electron chi connectivity index (χ1n) is 9.59. The lowest BCUT2D eigenvalue weighted by Crippen LogP contribution is -2.61. The Morgan fingerprint density at radius 1 is 1.18 bits per heavy atom. The van der Waals surface area contributed by atoms with Gasteiger partial charge in [0.15, 0.2) is 5.13 Å². The first-order chi connectivity index (χ1) is 13.4.